The number of carbonyl (C=O) groups excluding carboxylic acids is 2. The summed E-state index contributed by atoms with van der Waals surface area (Å²) in [4.78, 5) is 41.3. The lowest BCUT2D eigenvalue weighted by Gasteiger charge is -2.31. The van der Waals surface area contributed by atoms with Gasteiger partial charge in [0.15, 0.2) is 5.82 Å². The molecule has 9 heteroatoms. The van der Waals surface area contributed by atoms with Gasteiger partial charge in [0, 0.05) is 36.5 Å². The van der Waals surface area contributed by atoms with Gasteiger partial charge in [-0.15, -0.1) is 10.2 Å². The van der Waals surface area contributed by atoms with Gasteiger partial charge in [-0.1, -0.05) is 23.7 Å². The van der Waals surface area contributed by atoms with Crippen LogP contribution in [0.4, 0.5) is 0 Å². The topological polar surface area (TPSA) is 105 Å². The number of hydrogen-bond donors (Lipinski definition) is 1. The summed E-state index contributed by atoms with van der Waals surface area (Å²) < 4.78 is 5.07. The maximum Gasteiger partial charge on any atom is 0.310 e. The molecule has 160 valence electrons. The minimum atomic E-state index is -0.382. The van der Waals surface area contributed by atoms with Crippen molar-refractivity contribution < 1.29 is 14.3 Å². The molecule has 3 rings (SSSR count). The van der Waals surface area contributed by atoms with E-state index in [0.29, 0.717) is 36.1 Å². The summed E-state index contributed by atoms with van der Waals surface area (Å²) in [6.07, 6.45) is 1.78. The number of nitrogens with zero attached hydrogens (tertiary/aromatic N) is 3. The standard InChI is InChI=1S/C21H25ClN4O4/c1-3-30-21(29)15-5-4-10-26(12-15)18(27)9-8-17-20(28)23-19(25-24-17)14-7-6-13(2)16(22)11-14/h6-7,11,15H,3-5,8-10,12H2,1-2H3,(H,23,25,28)/t15-/m1/s1. The number of H-pyrrole nitrogens is 1. The van der Waals surface area contributed by atoms with E-state index >= 15 is 0 Å². The predicted molar refractivity (Wildman–Crippen MR) is 112 cm³/mol. The first-order valence-corrected chi connectivity index (χ1v) is 10.4. The third-order valence-electron chi connectivity index (χ3n) is 5.18. The van der Waals surface area contributed by atoms with E-state index in [0.717, 1.165) is 18.4 Å². The molecular weight excluding hydrogens is 408 g/mol. The number of aryl methyl sites for hydroxylation is 2. The first kappa shape index (κ1) is 22.0. The van der Waals surface area contributed by atoms with Crippen molar-refractivity contribution in [1.82, 2.24) is 20.1 Å². The number of nitrogens with one attached hydrogen (secondary N) is 1. The molecule has 30 heavy (non-hydrogen) atoms. The maximum absolute atomic E-state index is 12.6. The molecule has 0 bridgehead atoms. The Morgan fingerprint density at radius 2 is 2.13 bits per heavy atom. The van der Waals surface area contributed by atoms with Crippen LogP contribution in [0.3, 0.4) is 0 Å². The highest BCUT2D eigenvalue weighted by Crippen LogP contribution is 2.22. The Bertz CT molecular complexity index is 991. The zero-order valence-corrected chi connectivity index (χ0v) is 17.9. The van der Waals surface area contributed by atoms with Gasteiger partial charge in [-0.3, -0.25) is 14.4 Å². The molecule has 8 nitrogen and oxygen atoms in total. The van der Waals surface area contributed by atoms with Crippen LogP contribution >= 0.6 is 11.6 Å². The average Bonchev–Trinajstić information content (AvgIpc) is 2.75. The molecule has 1 aliphatic heterocycles. The van der Waals surface area contributed by atoms with E-state index < -0.39 is 0 Å². The summed E-state index contributed by atoms with van der Waals surface area (Å²) in [5.41, 5.74) is 1.40. The first-order valence-electron chi connectivity index (χ1n) is 10.1. The summed E-state index contributed by atoms with van der Waals surface area (Å²) >= 11 is 6.13. The van der Waals surface area contributed by atoms with Crippen LogP contribution in [0.25, 0.3) is 11.4 Å². The van der Waals surface area contributed by atoms with Gasteiger partial charge in [0.2, 0.25) is 5.91 Å². The van der Waals surface area contributed by atoms with Crippen molar-refractivity contribution in [3.8, 4) is 11.4 Å². The molecule has 0 unspecified atom stereocenters. The normalized spacial score (nSPS) is 16.4. The predicted octanol–water partition coefficient (Wildman–Crippen LogP) is 2.53. The second-order valence-corrected chi connectivity index (χ2v) is 7.75. The minimum Gasteiger partial charge on any atom is -0.466 e. The zero-order chi connectivity index (χ0) is 21.7. The maximum atomic E-state index is 12.6. The van der Waals surface area contributed by atoms with Crippen LogP contribution in [0, 0.1) is 12.8 Å². The molecule has 0 radical (unpaired) electrons. The quantitative estimate of drug-likeness (QED) is 0.703. The van der Waals surface area contributed by atoms with E-state index in [1.165, 1.54) is 0 Å². The SMILES string of the molecule is CCOC(=O)[C@@H]1CCCN(C(=O)CCc2nnc(-c3ccc(C)c(Cl)c3)[nH]c2=O)C1. The number of carbonyl (C=O) groups is 2. The summed E-state index contributed by atoms with van der Waals surface area (Å²) in [6.45, 7) is 4.94. The van der Waals surface area contributed by atoms with Crippen LogP contribution in [0.5, 0.6) is 0 Å². The van der Waals surface area contributed by atoms with Gasteiger partial charge in [0.05, 0.1) is 12.5 Å². The van der Waals surface area contributed by atoms with E-state index in [4.69, 9.17) is 16.3 Å². The van der Waals surface area contributed by atoms with Gasteiger partial charge < -0.3 is 14.6 Å². The van der Waals surface area contributed by atoms with Gasteiger partial charge >= 0.3 is 5.97 Å². The molecule has 1 saturated heterocycles. The molecule has 0 spiro atoms. The number of likely N-dealkylation sites (tertiary alicyclic amines) is 1. The molecule has 1 fully saturated rings. The number of aromatic amines is 1. The lowest BCUT2D eigenvalue weighted by Crippen LogP contribution is -2.43. The van der Waals surface area contributed by atoms with Crippen LogP contribution in [0.2, 0.25) is 5.02 Å². The van der Waals surface area contributed by atoms with Crippen LogP contribution in [-0.2, 0) is 20.7 Å². The van der Waals surface area contributed by atoms with Crippen molar-refractivity contribution in [2.45, 2.75) is 39.5 Å². The number of aromatic nitrogens is 3. The van der Waals surface area contributed by atoms with Gasteiger partial charge in [-0.2, -0.15) is 0 Å². The third kappa shape index (κ3) is 5.24. The molecule has 2 heterocycles. The number of ether oxygens (including phenoxy) is 1. The molecule has 0 aliphatic carbocycles. The fourth-order valence-electron chi connectivity index (χ4n) is 3.43. The molecular formula is C21H25ClN4O4. The number of halogens is 1. The number of benzene rings is 1. The zero-order valence-electron chi connectivity index (χ0n) is 17.1. The number of amides is 1. The Morgan fingerprint density at radius 3 is 2.83 bits per heavy atom. The van der Waals surface area contributed by atoms with Crippen molar-refractivity contribution >= 4 is 23.5 Å². The van der Waals surface area contributed by atoms with Crippen LogP contribution < -0.4 is 5.56 Å². The number of piperidine rings is 1. The van der Waals surface area contributed by atoms with Crippen molar-refractivity contribution in [1.29, 1.82) is 0 Å². The summed E-state index contributed by atoms with van der Waals surface area (Å²) in [6, 6.07) is 5.36. The highest BCUT2D eigenvalue weighted by atomic mass is 35.5. The summed E-state index contributed by atoms with van der Waals surface area (Å²) in [5, 5.41) is 8.66. The number of esters is 1. The first-order chi connectivity index (χ1) is 14.4. The largest absolute Gasteiger partial charge is 0.466 e. The molecule has 1 N–H and O–H groups in total. The van der Waals surface area contributed by atoms with Gasteiger partial charge in [0.1, 0.15) is 5.69 Å². The van der Waals surface area contributed by atoms with Gasteiger partial charge in [0.25, 0.3) is 5.56 Å². The molecule has 1 atom stereocenters. The summed E-state index contributed by atoms with van der Waals surface area (Å²) in [7, 11) is 0. The lowest BCUT2D eigenvalue weighted by atomic mass is 9.98. The number of hydrogen-bond acceptors (Lipinski definition) is 6. The molecule has 2 aromatic rings. The van der Waals surface area contributed by atoms with Crippen molar-refractivity contribution in [3.63, 3.8) is 0 Å². The second kappa shape index (κ2) is 9.84. The van der Waals surface area contributed by atoms with Crippen LogP contribution in [0.15, 0.2) is 23.0 Å². The second-order valence-electron chi connectivity index (χ2n) is 7.34. The Labute approximate surface area is 179 Å². The monoisotopic (exact) mass is 432 g/mol. The van der Waals surface area contributed by atoms with Crippen molar-refractivity contribution in [2.75, 3.05) is 19.7 Å². The van der Waals surface area contributed by atoms with Gasteiger partial charge in [-0.05, 0) is 38.3 Å². The number of rotatable bonds is 6. The third-order valence-corrected chi connectivity index (χ3v) is 5.59. The Balaban J connectivity index is 1.61. The van der Waals surface area contributed by atoms with Gasteiger partial charge in [-0.25, -0.2) is 0 Å². The van der Waals surface area contributed by atoms with E-state index in [2.05, 4.69) is 15.2 Å². The molecule has 1 aromatic heterocycles. The highest BCUT2D eigenvalue weighted by molar-refractivity contribution is 6.31. The van der Waals surface area contributed by atoms with E-state index in [1.807, 2.05) is 13.0 Å². The van der Waals surface area contributed by atoms with Crippen molar-refractivity contribution in [3.05, 3.63) is 44.8 Å². The average molecular weight is 433 g/mol. The Hall–Kier alpha value is -2.74. The Morgan fingerprint density at radius 1 is 1.33 bits per heavy atom. The summed E-state index contributed by atoms with van der Waals surface area (Å²) in [5.74, 6) is -0.333. The minimum absolute atomic E-state index is 0.111. The van der Waals surface area contributed by atoms with E-state index in [-0.39, 0.29) is 41.9 Å². The molecule has 1 amide bonds. The fourth-order valence-corrected chi connectivity index (χ4v) is 3.61. The highest BCUT2D eigenvalue weighted by Gasteiger charge is 2.29. The van der Waals surface area contributed by atoms with Crippen LogP contribution in [-0.4, -0.2) is 51.7 Å². The molecule has 0 saturated carbocycles. The lowest BCUT2D eigenvalue weighted by molar-refractivity contribution is -0.151. The van der Waals surface area contributed by atoms with Crippen molar-refractivity contribution in [2.24, 2.45) is 5.92 Å². The van der Waals surface area contributed by atoms with E-state index in [9.17, 15) is 14.4 Å². The molecule has 1 aromatic carbocycles. The van der Waals surface area contributed by atoms with Crippen LogP contribution in [0.1, 0.15) is 37.4 Å². The van der Waals surface area contributed by atoms with E-state index in [1.54, 1.807) is 24.0 Å². The molecule has 1 aliphatic rings. The smallest absolute Gasteiger partial charge is 0.310 e. The Kier molecular flexibility index (Phi) is 7.20. The fraction of sp³-hybridized carbons (Fsp3) is 0.476.